The molecule has 236 valence electrons. The van der Waals surface area contributed by atoms with Gasteiger partial charge in [-0.3, -0.25) is 14.4 Å². The summed E-state index contributed by atoms with van der Waals surface area (Å²) >= 11 is 0. The van der Waals surface area contributed by atoms with Crippen LogP contribution in [0.4, 0.5) is 0 Å². The van der Waals surface area contributed by atoms with Crippen molar-refractivity contribution in [2.45, 2.75) is 206 Å². The van der Waals surface area contributed by atoms with Gasteiger partial charge in [-0.1, -0.05) is 168 Å². The molecule has 0 rings (SSSR count). The summed E-state index contributed by atoms with van der Waals surface area (Å²) < 4.78 is 0. The molecule has 0 heterocycles. The van der Waals surface area contributed by atoms with Gasteiger partial charge in [0.1, 0.15) is 0 Å². The molecule has 40 heavy (non-hydrogen) atoms. The number of unbranched alkanes of at least 4 members (excludes halogenated alkanes) is 24. The van der Waals surface area contributed by atoms with Crippen molar-refractivity contribution >= 4 is 17.7 Å². The summed E-state index contributed by atoms with van der Waals surface area (Å²) in [5.74, 6) is -1.36. The van der Waals surface area contributed by atoms with Gasteiger partial charge in [-0.05, 0) is 12.8 Å². The number of ketones is 1. The van der Waals surface area contributed by atoms with E-state index in [9.17, 15) is 19.5 Å². The molecule has 5 heteroatoms. The first kappa shape index (κ1) is 38.6. The van der Waals surface area contributed by atoms with E-state index in [0.29, 0.717) is 12.8 Å². The number of carbonyl (C=O) groups excluding carboxylic acids is 2. The Morgan fingerprint density at radius 1 is 0.475 bits per heavy atom. The lowest BCUT2D eigenvalue weighted by atomic mass is 10.0. The number of Topliss-reactive ketones (excluding diaryl/α,β-unsaturated/α-hetero) is 1. The molecule has 0 aromatic rings. The van der Waals surface area contributed by atoms with E-state index in [1.165, 1.54) is 128 Å². The van der Waals surface area contributed by atoms with Crippen LogP contribution in [-0.2, 0) is 14.4 Å². The summed E-state index contributed by atoms with van der Waals surface area (Å²) in [5.41, 5.74) is 0. The molecule has 0 aromatic carbocycles. The summed E-state index contributed by atoms with van der Waals surface area (Å²) in [6.45, 7) is 4.51. The number of carboxylic acid groups (broad SMARTS) is 1. The minimum Gasteiger partial charge on any atom is -0.481 e. The van der Waals surface area contributed by atoms with Crippen molar-refractivity contribution in [3.8, 4) is 0 Å². The monoisotopic (exact) mass is 566 g/mol. The van der Waals surface area contributed by atoms with Crippen molar-refractivity contribution < 1.29 is 19.5 Å². The lowest BCUT2D eigenvalue weighted by Gasteiger charge is -2.16. The first-order valence-corrected chi connectivity index (χ1v) is 17.5. The molecule has 0 aromatic heterocycles. The lowest BCUT2D eigenvalue weighted by Crippen LogP contribution is -2.42. The van der Waals surface area contributed by atoms with Gasteiger partial charge in [0, 0.05) is 12.8 Å². The van der Waals surface area contributed by atoms with E-state index in [4.69, 9.17) is 0 Å². The molecule has 0 saturated carbocycles. The molecule has 5 nitrogen and oxygen atoms in total. The van der Waals surface area contributed by atoms with Crippen LogP contribution in [0, 0.1) is 0 Å². The van der Waals surface area contributed by atoms with E-state index in [-0.39, 0.29) is 18.1 Å². The van der Waals surface area contributed by atoms with Crippen LogP contribution >= 0.6 is 0 Å². The second-order valence-corrected chi connectivity index (χ2v) is 12.2. The summed E-state index contributed by atoms with van der Waals surface area (Å²) in [6, 6.07) is -0.885. The fraction of sp³-hybridized carbons (Fsp3) is 0.914. The number of carboxylic acids is 1. The topological polar surface area (TPSA) is 83.5 Å². The van der Waals surface area contributed by atoms with Gasteiger partial charge in [0.15, 0.2) is 5.78 Å². The first-order valence-electron chi connectivity index (χ1n) is 17.5. The van der Waals surface area contributed by atoms with Gasteiger partial charge in [-0.2, -0.15) is 0 Å². The molecule has 1 amide bonds. The second kappa shape index (κ2) is 30.6. The zero-order valence-electron chi connectivity index (χ0n) is 26.8. The summed E-state index contributed by atoms with van der Waals surface area (Å²) in [6.07, 6.45) is 32.9. The Balaban J connectivity index is 3.79. The molecular formula is C35H67NO4. The maximum atomic E-state index is 12.6. The van der Waals surface area contributed by atoms with Gasteiger partial charge >= 0.3 is 5.97 Å². The minimum absolute atomic E-state index is 0.135. The summed E-state index contributed by atoms with van der Waals surface area (Å²) in [4.78, 5) is 36.3. The van der Waals surface area contributed by atoms with E-state index >= 15 is 0 Å². The van der Waals surface area contributed by atoms with Gasteiger partial charge in [0.2, 0.25) is 5.91 Å². The van der Waals surface area contributed by atoms with Crippen molar-refractivity contribution in [1.29, 1.82) is 0 Å². The smallest absolute Gasteiger partial charge is 0.305 e. The van der Waals surface area contributed by atoms with E-state index < -0.39 is 12.0 Å². The predicted octanol–water partition coefficient (Wildman–Crippen LogP) is 10.5. The third kappa shape index (κ3) is 28.1. The van der Waals surface area contributed by atoms with E-state index in [1.807, 2.05) is 0 Å². The summed E-state index contributed by atoms with van der Waals surface area (Å²) in [7, 11) is 0. The van der Waals surface area contributed by atoms with Crippen molar-refractivity contribution in [2.75, 3.05) is 0 Å². The highest BCUT2D eigenvalue weighted by Gasteiger charge is 2.22. The quantitative estimate of drug-likeness (QED) is 0.0795. The van der Waals surface area contributed by atoms with Crippen LogP contribution in [0.15, 0.2) is 0 Å². The number of nitrogens with one attached hydrogen (secondary N) is 1. The highest BCUT2D eigenvalue weighted by atomic mass is 16.4. The van der Waals surface area contributed by atoms with E-state index in [0.717, 1.165) is 38.5 Å². The number of rotatable bonds is 32. The maximum Gasteiger partial charge on any atom is 0.305 e. The Hall–Kier alpha value is -1.39. The number of hydrogen-bond acceptors (Lipinski definition) is 3. The normalized spacial score (nSPS) is 11.9. The van der Waals surface area contributed by atoms with Crippen molar-refractivity contribution in [3.05, 3.63) is 0 Å². The van der Waals surface area contributed by atoms with Crippen LogP contribution < -0.4 is 5.32 Å². The van der Waals surface area contributed by atoms with Crippen LogP contribution in [0.5, 0.6) is 0 Å². The van der Waals surface area contributed by atoms with Gasteiger partial charge < -0.3 is 10.4 Å². The van der Waals surface area contributed by atoms with Crippen molar-refractivity contribution in [3.63, 3.8) is 0 Å². The van der Waals surface area contributed by atoms with Crippen LogP contribution in [0.3, 0.4) is 0 Å². The number of amides is 1. The van der Waals surface area contributed by atoms with Crippen LogP contribution in [-0.4, -0.2) is 28.8 Å². The number of hydrogen-bond donors (Lipinski definition) is 2. The fourth-order valence-corrected chi connectivity index (χ4v) is 5.48. The Morgan fingerprint density at radius 3 is 1.10 bits per heavy atom. The lowest BCUT2D eigenvalue weighted by molar-refractivity contribution is -0.140. The molecule has 0 saturated heterocycles. The largest absolute Gasteiger partial charge is 0.481 e. The van der Waals surface area contributed by atoms with Crippen LogP contribution in [0.1, 0.15) is 200 Å². The van der Waals surface area contributed by atoms with Gasteiger partial charge in [-0.25, -0.2) is 0 Å². The maximum absolute atomic E-state index is 12.6. The molecular weight excluding hydrogens is 498 g/mol. The van der Waals surface area contributed by atoms with Gasteiger partial charge in [0.05, 0.1) is 12.5 Å². The highest BCUT2D eigenvalue weighted by Crippen LogP contribution is 2.15. The van der Waals surface area contributed by atoms with Crippen LogP contribution in [0.2, 0.25) is 0 Å². The average Bonchev–Trinajstić information content (AvgIpc) is 2.93. The van der Waals surface area contributed by atoms with Crippen molar-refractivity contribution in [1.82, 2.24) is 5.32 Å². The van der Waals surface area contributed by atoms with Crippen LogP contribution in [0.25, 0.3) is 0 Å². The zero-order valence-corrected chi connectivity index (χ0v) is 26.8. The van der Waals surface area contributed by atoms with Gasteiger partial charge in [0.25, 0.3) is 0 Å². The Kier molecular flexibility index (Phi) is 29.5. The molecule has 0 fully saturated rings. The first-order chi connectivity index (χ1) is 19.5. The molecule has 0 aliphatic rings. The van der Waals surface area contributed by atoms with E-state index in [2.05, 4.69) is 19.2 Å². The second-order valence-electron chi connectivity index (χ2n) is 12.2. The number of carbonyl (C=O) groups is 3. The van der Waals surface area contributed by atoms with Gasteiger partial charge in [-0.15, -0.1) is 0 Å². The predicted molar refractivity (Wildman–Crippen MR) is 170 cm³/mol. The van der Waals surface area contributed by atoms with Crippen molar-refractivity contribution in [2.24, 2.45) is 0 Å². The Bertz CT molecular complexity index is 592. The number of aliphatic carboxylic acids is 1. The highest BCUT2D eigenvalue weighted by molar-refractivity contribution is 5.91. The summed E-state index contributed by atoms with van der Waals surface area (Å²) in [5, 5.41) is 11.9. The Morgan fingerprint density at radius 2 is 0.775 bits per heavy atom. The third-order valence-corrected chi connectivity index (χ3v) is 8.14. The molecule has 0 spiro atoms. The molecule has 2 N–H and O–H groups in total. The SMILES string of the molecule is CCCCCCCCCCCCCCCC(=O)NC(CC(=O)O)C(=O)CCCCCCCCCCCCCCC. The minimum atomic E-state index is -1.04. The Labute approximate surface area is 248 Å². The molecule has 1 atom stereocenters. The zero-order chi connectivity index (χ0) is 29.5. The molecule has 0 aliphatic heterocycles. The molecule has 0 radical (unpaired) electrons. The van der Waals surface area contributed by atoms with E-state index in [1.54, 1.807) is 0 Å². The molecule has 0 bridgehead atoms. The molecule has 0 aliphatic carbocycles. The molecule has 1 unspecified atom stereocenters. The fourth-order valence-electron chi connectivity index (χ4n) is 5.48. The standard InChI is InChI=1S/C35H67NO4/c1-3-5-7-9-11-13-15-17-19-21-23-25-27-29-33(37)32(31-35(39)40)36-34(38)30-28-26-24-22-20-18-16-14-12-10-8-6-4-2/h32H,3-31H2,1-2H3,(H,36,38)(H,39,40). The average molecular weight is 566 g/mol. The third-order valence-electron chi connectivity index (χ3n) is 8.14.